The number of anilines is 1. The van der Waals surface area contributed by atoms with E-state index in [4.69, 9.17) is 9.47 Å². The van der Waals surface area contributed by atoms with Gasteiger partial charge in [0.05, 0.1) is 6.61 Å². The molecule has 0 aromatic heterocycles. The van der Waals surface area contributed by atoms with Gasteiger partial charge in [-0.3, -0.25) is 0 Å². The minimum absolute atomic E-state index is 0.724. The number of hydrogen-bond acceptors (Lipinski definition) is 4. The molecule has 0 unspecified atom stereocenters. The van der Waals surface area contributed by atoms with Crippen molar-refractivity contribution in [3.05, 3.63) is 28.2 Å². The predicted molar refractivity (Wildman–Crippen MR) is 87.5 cm³/mol. The maximum Gasteiger partial charge on any atom is 0.0637 e. The molecule has 0 atom stereocenters. The maximum absolute atomic E-state index is 5.23. The summed E-state index contributed by atoms with van der Waals surface area (Å²) < 4.78 is 11.5. The van der Waals surface area contributed by atoms with Gasteiger partial charge >= 0.3 is 0 Å². The predicted octanol–water partition coefficient (Wildman–Crippen LogP) is 2.66. The third-order valence-corrected chi connectivity index (χ3v) is 3.58. The molecule has 1 N–H and O–H groups in total. The lowest BCUT2D eigenvalue weighted by atomic mass is 10.1. The molecular formula is C15H25BrN2O2. The van der Waals surface area contributed by atoms with Gasteiger partial charge in [0.1, 0.15) is 0 Å². The normalized spacial score (nSPS) is 10.8. The van der Waals surface area contributed by atoms with Crippen LogP contribution >= 0.6 is 15.9 Å². The van der Waals surface area contributed by atoms with Gasteiger partial charge < -0.3 is 19.7 Å². The molecule has 0 spiro atoms. The third-order valence-electron chi connectivity index (χ3n) is 3.09. The van der Waals surface area contributed by atoms with Crippen molar-refractivity contribution in [1.29, 1.82) is 0 Å². The molecule has 1 rings (SSSR count). The number of ether oxygens (including phenoxy) is 2. The lowest BCUT2D eigenvalue weighted by Crippen LogP contribution is -2.30. The molecule has 0 aliphatic rings. The molecule has 0 radical (unpaired) electrons. The lowest BCUT2D eigenvalue weighted by molar-refractivity contribution is 0.191. The van der Waals surface area contributed by atoms with E-state index in [0.29, 0.717) is 0 Å². The number of methoxy groups -OCH3 is 2. The topological polar surface area (TPSA) is 33.7 Å². The van der Waals surface area contributed by atoms with E-state index < -0.39 is 0 Å². The molecule has 0 saturated heterocycles. The van der Waals surface area contributed by atoms with Crippen molar-refractivity contribution in [3.8, 4) is 0 Å². The molecule has 4 nitrogen and oxygen atoms in total. The molecule has 0 fully saturated rings. The molecule has 1 aromatic rings. The Morgan fingerprint density at radius 2 is 1.90 bits per heavy atom. The summed E-state index contributed by atoms with van der Waals surface area (Å²) in [6.45, 7) is 4.21. The van der Waals surface area contributed by atoms with Crippen LogP contribution in [-0.4, -0.2) is 47.6 Å². The zero-order valence-corrected chi connectivity index (χ0v) is 14.2. The van der Waals surface area contributed by atoms with Crippen LogP contribution in [0, 0.1) is 0 Å². The van der Waals surface area contributed by atoms with E-state index in [1.165, 1.54) is 11.3 Å². The van der Waals surface area contributed by atoms with E-state index in [2.05, 4.69) is 44.3 Å². The molecule has 0 saturated carbocycles. The van der Waals surface area contributed by atoms with Crippen molar-refractivity contribution >= 4 is 21.6 Å². The van der Waals surface area contributed by atoms with Gasteiger partial charge in [-0.15, -0.1) is 0 Å². The van der Waals surface area contributed by atoms with E-state index in [1.807, 2.05) is 7.05 Å². The van der Waals surface area contributed by atoms with E-state index in [9.17, 15) is 0 Å². The summed E-state index contributed by atoms with van der Waals surface area (Å²) in [5.41, 5.74) is 2.55. The first-order chi connectivity index (χ1) is 9.72. The third kappa shape index (κ3) is 5.79. The molecule has 114 valence electrons. The Labute approximate surface area is 130 Å². The Bertz CT molecular complexity index is 388. The van der Waals surface area contributed by atoms with E-state index in [1.54, 1.807) is 14.2 Å². The van der Waals surface area contributed by atoms with Gasteiger partial charge in [-0.1, -0.05) is 15.9 Å². The van der Waals surface area contributed by atoms with E-state index >= 15 is 0 Å². The Hall–Kier alpha value is -0.620. The van der Waals surface area contributed by atoms with Crippen LogP contribution in [-0.2, 0) is 16.0 Å². The number of nitrogens with zero attached hydrogens (tertiary/aromatic N) is 1. The van der Waals surface area contributed by atoms with Crippen molar-refractivity contribution < 1.29 is 9.47 Å². The Balaban J connectivity index is 2.86. The van der Waals surface area contributed by atoms with Crippen LogP contribution in [0.15, 0.2) is 22.7 Å². The number of rotatable bonds is 10. The van der Waals surface area contributed by atoms with Crippen LogP contribution in [0.25, 0.3) is 0 Å². The van der Waals surface area contributed by atoms with Crippen LogP contribution in [0.1, 0.15) is 12.0 Å². The molecule has 1 aromatic carbocycles. The van der Waals surface area contributed by atoms with Gasteiger partial charge in [0.2, 0.25) is 0 Å². The van der Waals surface area contributed by atoms with Crippen LogP contribution < -0.4 is 10.2 Å². The molecule has 20 heavy (non-hydrogen) atoms. The Kier molecular flexibility index (Phi) is 8.85. The molecule has 0 aliphatic heterocycles. The first kappa shape index (κ1) is 17.4. The zero-order valence-electron chi connectivity index (χ0n) is 12.6. The van der Waals surface area contributed by atoms with E-state index in [0.717, 1.165) is 43.7 Å². The van der Waals surface area contributed by atoms with Crippen LogP contribution in [0.2, 0.25) is 0 Å². The van der Waals surface area contributed by atoms with Crippen LogP contribution in [0.3, 0.4) is 0 Å². The molecule has 0 bridgehead atoms. The van der Waals surface area contributed by atoms with Crippen molar-refractivity contribution in [2.75, 3.05) is 52.5 Å². The summed E-state index contributed by atoms with van der Waals surface area (Å²) in [7, 11) is 5.45. The fourth-order valence-corrected chi connectivity index (χ4v) is 2.56. The number of hydrogen-bond donors (Lipinski definition) is 1. The summed E-state index contributed by atoms with van der Waals surface area (Å²) in [6.07, 6.45) is 1.01. The standard InChI is InChI=1S/C15H25BrN2O2/c1-17-12-13-11-14(16)5-6-15(13)18(8-10-20-3)7-4-9-19-2/h5-6,11,17H,4,7-10,12H2,1-3H3. The second-order valence-corrected chi connectivity index (χ2v) is 5.55. The van der Waals surface area contributed by atoms with E-state index in [-0.39, 0.29) is 0 Å². The highest BCUT2D eigenvalue weighted by Crippen LogP contribution is 2.25. The minimum Gasteiger partial charge on any atom is -0.385 e. The highest BCUT2D eigenvalue weighted by atomic mass is 79.9. The average molecular weight is 345 g/mol. The second kappa shape index (κ2) is 10.2. The summed E-state index contributed by atoms with van der Waals surface area (Å²) in [5, 5.41) is 3.23. The molecule has 5 heteroatoms. The SMILES string of the molecule is CNCc1cc(Br)ccc1N(CCCOC)CCOC. The van der Waals surface area contributed by atoms with Gasteiger partial charge in [-0.25, -0.2) is 0 Å². The average Bonchev–Trinajstić information content (AvgIpc) is 2.44. The van der Waals surface area contributed by atoms with Gasteiger partial charge in [-0.2, -0.15) is 0 Å². The Morgan fingerprint density at radius 3 is 2.55 bits per heavy atom. The summed E-state index contributed by atoms with van der Waals surface area (Å²) in [6, 6.07) is 6.42. The molecule has 0 aliphatic carbocycles. The van der Waals surface area contributed by atoms with Gasteiger partial charge in [0, 0.05) is 50.6 Å². The summed E-state index contributed by atoms with van der Waals surface area (Å²) >= 11 is 3.54. The quantitative estimate of drug-likeness (QED) is 0.661. The van der Waals surface area contributed by atoms with Crippen molar-refractivity contribution in [3.63, 3.8) is 0 Å². The highest BCUT2D eigenvalue weighted by Gasteiger charge is 2.11. The van der Waals surface area contributed by atoms with Gasteiger partial charge in [-0.05, 0) is 37.2 Å². The first-order valence-electron chi connectivity index (χ1n) is 6.88. The summed E-state index contributed by atoms with van der Waals surface area (Å²) in [4.78, 5) is 2.36. The van der Waals surface area contributed by atoms with Crippen molar-refractivity contribution in [2.24, 2.45) is 0 Å². The van der Waals surface area contributed by atoms with Crippen LogP contribution in [0.4, 0.5) is 5.69 Å². The fraction of sp³-hybridized carbons (Fsp3) is 0.600. The van der Waals surface area contributed by atoms with Crippen molar-refractivity contribution in [1.82, 2.24) is 5.32 Å². The minimum atomic E-state index is 0.724. The highest BCUT2D eigenvalue weighted by molar-refractivity contribution is 9.10. The van der Waals surface area contributed by atoms with Gasteiger partial charge in [0.15, 0.2) is 0 Å². The molecule has 0 amide bonds. The number of benzene rings is 1. The number of halogens is 1. The Morgan fingerprint density at radius 1 is 1.15 bits per heavy atom. The number of nitrogens with one attached hydrogen (secondary N) is 1. The smallest absolute Gasteiger partial charge is 0.0637 e. The largest absolute Gasteiger partial charge is 0.385 e. The van der Waals surface area contributed by atoms with Gasteiger partial charge in [0.25, 0.3) is 0 Å². The molecule has 0 heterocycles. The van der Waals surface area contributed by atoms with Crippen LogP contribution in [0.5, 0.6) is 0 Å². The summed E-state index contributed by atoms with van der Waals surface area (Å²) in [5.74, 6) is 0. The first-order valence-corrected chi connectivity index (χ1v) is 7.68. The zero-order chi connectivity index (χ0) is 14.8. The lowest BCUT2D eigenvalue weighted by Gasteiger charge is -2.27. The second-order valence-electron chi connectivity index (χ2n) is 4.63. The fourth-order valence-electron chi connectivity index (χ4n) is 2.15. The maximum atomic E-state index is 5.23. The molecular weight excluding hydrogens is 320 g/mol. The monoisotopic (exact) mass is 344 g/mol. The van der Waals surface area contributed by atoms with Crippen molar-refractivity contribution in [2.45, 2.75) is 13.0 Å².